The minimum absolute atomic E-state index is 0.00814. The summed E-state index contributed by atoms with van der Waals surface area (Å²) >= 11 is 0. The number of aliphatic hydroxyl groups is 1. The third kappa shape index (κ3) is 4.52. The highest BCUT2D eigenvalue weighted by molar-refractivity contribution is 5.93. The van der Waals surface area contributed by atoms with Crippen molar-refractivity contribution in [2.75, 3.05) is 33.2 Å². The molecule has 1 saturated heterocycles. The van der Waals surface area contributed by atoms with Gasteiger partial charge in [0, 0.05) is 50.5 Å². The Hall–Kier alpha value is -2.10. The number of rotatable bonds is 4. The quantitative estimate of drug-likeness (QED) is 0.429. The number of piperazine rings is 1. The van der Waals surface area contributed by atoms with Crippen LogP contribution in [-0.4, -0.2) is 71.6 Å². The molecular weight excluding hydrogens is 539 g/mol. The second-order valence-corrected chi connectivity index (χ2v) is 13.3. The normalized spacial score (nSPS) is 35.2. The SMILES string of the molecule is CN1CCN(Cc2ccc([C@H]3C[C@@]4(C)[C@@H](CC[C@]4(O)C(F)(F)C(F)(F)F)[C@@H]4CCC5=CC(=O)CCC5=C43)cc2)CC1. The van der Waals surface area contributed by atoms with E-state index in [1.54, 1.807) is 6.08 Å². The third-order valence-electron chi connectivity index (χ3n) is 11.1. The Morgan fingerprint density at radius 1 is 0.976 bits per heavy atom. The summed E-state index contributed by atoms with van der Waals surface area (Å²) in [5.74, 6) is -6.24. The fraction of sp³-hybridized carbons (Fsp3) is 0.656. The van der Waals surface area contributed by atoms with Crippen LogP contribution in [-0.2, 0) is 11.3 Å². The molecule has 1 N–H and O–H groups in total. The molecular formula is C32H39F5N2O2. The number of ketones is 1. The van der Waals surface area contributed by atoms with E-state index in [-0.39, 0.29) is 24.5 Å². The molecule has 0 aromatic heterocycles. The van der Waals surface area contributed by atoms with Gasteiger partial charge in [-0.3, -0.25) is 9.69 Å². The second kappa shape index (κ2) is 9.98. The lowest BCUT2D eigenvalue weighted by molar-refractivity contribution is -0.362. The lowest BCUT2D eigenvalue weighted by atomic mass is 9.50. The topological polar surface area (TPSA) is 43.8 Å². The van der Waals surface area contributed by atoms with Crippen molar-refractivity contribution in [2.45, 2.75) is 82.0 Å². The summed E-state index contributed by atoms with van der Waals surface area (Å²) in [5.41, 5.74) is 0.369. The van der Waals surface area contributed by atoms with E-state index >= 15 is 8.78 Å². The fourth-order valence-corrected chi connectivity index (χ4v) is 8.83. The summed E-state index contributed by atoms with van der Waals surface area (Å²) in [7, 11) is 2.11. The predicted molar refractivity (Wildman–Crippen MR) is 145 cm³/mol. The Bertz CT molecular complexity index is 1260. The molecule has 0 bridgehead atoms. The largest absolute Gasteiger partial charge is 0.456 e. The number of nitrogens with zero attached hydrogens (tertiary/aromatic N) is 2. The number of carbonyl (C=O) groups excluding carboxylic acids is 1. The molecule has 4 nitrogen and oxygen atoms in total. The summed E-state index contributed by atoms with van der Waals surface area (Å²) in [5, 5.41) is 11.4. The zero-order valence-corrected chi connectivity index (χ0v) is 23.7. The summed E-state index contributed by atoms with van der Waals surface area (Å²) < 4.78 is 71.6. The molecule has 0 spiro atoms. The van der Waals surface area contributed by atoms with Gasteiger partial charge in [0.15, 0.2) is 5.78 Å². The molecule has 2 saturated carbocycles. The van der Waals surface area contributed by atoms with Gasteiger partial charge in [-0.1, -0.05) is 36.8 Å². The second-order valence-electron chi connectivity index (χ2n) is 13.3. The van der Waals surface area contributed by atoms with Gasteiger partial charge in [-0.05, 0) is 85.8 Å². The molecule has 41 heavy (non-hydrogen) atoms. The van der Waals surface area contributed by atoms with Crippen LogP contribution >= 0.6 is 0 Å². The lowest BCUT2D eigenvalue weighted by Crippen LogP contribution is -2.65. The first kappa shape index (κ1) is 29.0. The Kier molecular flexibility index (Phi) is 7.06. The molecule has 0 radical (unpaired) electrons. The molecule has 1 aromatic carbocycles. The predicted octanol–water partition coefficient (Wildman–Crippen LogP) is 6.26. The van der Waals surface area contributed by atoms with Crippen molar-refractivity contribution in [1.82, 2.24) is 9.80 Å². The lowest BCUT2D eigenvalue weighted by Gasteiger charge is -2.56. The van der Waals surface area contributed by atoms with Gasteiger partial charge in [-0.25, -0.2) is 0 Å². The minimum atomic E-state index is -5.84. The standard InChI is InChI=1S/C32H39F5N2O2/c1-29-18-26(21-5-3-20(4-6-21)19-39-15-13-38(2)14-16-39)28-24-10-8-23(40)17-22(24)7-9-25(28)27(29)11-12-30(29,41)31(33,34)32(35,36)37/h3-6,17,25-27,41H,7-16,18-19H2,1-2H3/t25-,26+,27-,29-,30+/m0/s1. The maximum atomic E-state index is 15.2. The molecule has 0 amide bonds. The van der Waals surface area contributed by atoms with E-state index in [1.165, 1.54) is 6.92 Å². The molecule has 5 aliphatic rings. The van der Waals surface area contributed by atoms with Gasteiger partial charge in [0.1, 0.15) is 5.60 Å². The Morgan fingerprint density at radius 2 is 1.66 bits per heavy atom. The molecule has 0 unspecified atom stereocenters. The van der Waals surface area contributed by atoms with Crippen molar-refractivity contribution in [1.29, 1.82) is 0 Å². The number of hydrogen-bond acceptors (Lipinski definition) is 4. The fourth-order valence-electron chi connectivity index (χ4n) is 8.83. The van der Waals surface area contributed by atoms with Crippen LogP contribution in [0.4, 0.5) is 22.0 Å². The summed E-state index contributed by atoms with van der Waals surface area (Å²) in [6.45, 7) is 6.21. The Balaban J connectivity index is 1.40. The maximum absolute atomic E-state index is 15.2. The molecule has 224 valence electrons. The highest BCUT2D eigenvalue weighted by atomic mass is 19.4. The van der Waals surface area contributed by atoms with E-state index in [9.17, 15) is 23.1 Å². The number of benzene rings is 1. The monoisotopic (exact) mass is 578 g/mol. The number of alkyl halides is 5. The van der Waals surface area contributed by atoms with Crippen molar-refractivity contribution in [3.8, 4) is 0 Å². The van der Waals surface area contributed by atoms with Crippen LogP contribution in [0.1, 0.15) is 68.9 Å². The Labute approximate surface area is 238 Å². The molecule has 5 atom stereocenters. The van der Waals surface area contributed by atoms with Crippen LogP contribution in [0.5, 0.6) is 0 Å². The van der Waals surface area contributed by atoms with Gasteiger partial charge in [0.05, 0.1) is 0 Å². The molecule has 1 aliphatic heterocycles. The van der Waals surface area contributed by atoms with Gasteiger partial charge in [-0.2, -0.15) is 22.0 Å². The third-order valence-corrected chi connectivity index (χ3v) is 11.1. The van der Waals surface area contributed by atoms with Crippen molar-refractivity contribution < 1.29 is 31.9 Å². The van der Waals surface area contributed by atoms with Crippen molar-refractivity contribution >= 4 is 5.78 Å². The van der Waals surface area contributed by atoms with E-state index in [2.05, 4.69) is 16.8 Å². The van der Waals surface area contributed by atoms with Gasteiger partial charge in [0.2, 0.25) is 0 Å². The smallest absolute Gasteiger partial charge is 0.383 e. The van der Waals surface area contributed by atoms with Crippen LogP contribution < -0.4 is 0 Å². The number of likely N-dealkylation sites (N-methyl/N-ethyl adjacent to an activating group) is 1. The molecule has 4 aliphatic carbocycles. The van der Waals surface area contributed by atoms with Crippen LogP contribution in [0.25, 0.3) is 0 Å². The maximum Gasteiger partial charge on any atom is 0.456 e. The van der Waals surface area contributed by atoms with Gasteiger partial charge in [-0.15, -0.1) is 0 Å². The van der Waals surface area contributed by atoms with Gasteiger partial charge in [0.25, 0.3) is 0 Å². The highest BCUT2D eigenvalue weighted by Gasteiger charge is 2.79. The first-order valence-corrected chi connectivity index (χ1v) is 14.9. The van der Waals surface area contributed by atoms with E-state index in [4.69, 9.17) is 0 Å². The molecule has 1 aromatic rings. The van der Waals surface area contributed by atoms with Crippen LogP contribution in [0.15, 0.2) is 47.1 Å². The first-order valence-electron chi connectivity index (χ1n) is 14.9. The number of carbonyl (C=O) groups is 1. The van der Waals surface area contributed by atoms with E-state index < -0.39 is 41.4 Å². The van der Waals surface area contributed by atoms with Crippen molar-refractivity contribution in [3.05, 3.63) is 58.2 Å². The van der Waals surface area contributed by atoms with Crippen LogP contribution in [0, 0.1) is 17.3 Å². The number of allylic oxidation sites excluding steroid dienone is 4. The van der Waals surface area contributed by atoms with Gasteiger partial charge >= 0.3 is 12.1 Å². The summed E-state index contributed by atoms with van der Waals surface area (Å²) in [4.78, 5) is 16.9. The minimum Gasteiger partial charge on any atom is -0.383 e. The zero-order valence-electron chi connectivity index (χ0n) is 23.7. The van der Waals surface area contributed by atoms with E-state index in [0.717, 1.165) is 60.6 Å². The highest BCUT2D eigenvalue weighted by Crippen LogP contribution is 2.70. The zero-order chi connectivity index (χ0) is 29.4. The van der Waals surface area contributed by atoms with Gasteiger partial charge < -0.3 is 10.0 Å². The number of fused-ring (bicyclic) bond motifs is 4. The number of hydrogen-bond donors (Lipinski definition) is 1. The summed E-state index contributed by atoms with van der Waals surface area (Å²) in [6.07, 6.45) is -2.46. The Morgan fingerprint density at radius 3 is 2.32 bits per heavy atom. The average molecular weight is 579 g/mol. The van der Waals surface area contributed by atoms with Crippen LogP contribution in [0.3, 0.4) is 0 Å². The van der Waals surface area contributed by atoms with Crippen molar-refractivity contribution in [2.24, 2.45) is 17.3 Å². The first-order chi connectivity index (χ1) is 19.2. The average Bonchev–Trinajstić information content (AvgIpc) is 3.20. The number of halogens is 5. The van der Waals surface area contributed by atoms with Crippen molar-refractivity contribution in [3.63, 3.8) is 0 Å². The molecule has 1 heterocycles. The molecule has 9 heteroatoms. The van der Waals surface area contributed by atoms with E-state index in [0.29, 0.717) is 25.7 Å². The summed E-state index contributed by atoms with van der Waals surface area (Å²) in [6, 6.07) is 8.06. The van der Waals surface area contributed by atoms with E-state index in [1.807, 2.05) is 24.3 Å². The van der Waals surface area contributed by atoms with Crippen LogP contribution in [0.2, 0.25) is 0 Å². The molecule has 6 rings (SSSR count). The molecule has 3 fully saturated rings.